The Hall–Kier alpha value is -2.69. The summed E-state index contributed by atoms with van der Waals surface area (Å²) in [6.07, 6.45) is -0.764. The van der Waals surface area contributed by atoms with Gasteiger partial charge in [0.15, 0.2) is 23.7 Å². The van der Waals surface area contributed by atoms with Crippen molar-refractivity contribution in [1.29, 1.82) is 0 Å². The fraction of sp³-hybridized carbons (Fsp3) is 0.350. The van der Waals surface area contributed by atoms with Gasteiger partial charge in [0, 0.05) is 7.05 Å². The molecule has 25 heavy (non-hydrogen) atoms. The van der Waals surface area contributed by atoms with Crippen LogP contribution < -0.4 is 14.2 Å². The summed E-state index contributed by atoms with van der Waals surface area (Å²) in [6, 6.07) is 15.2. The van der Waals surface area contributed by atoms with Crippen LogP contribution in [0.25, 0.3) is 0 Å². The lowest BCUT2D eigenvalue weighted by atomic mass is 10.2. The number of rotatable bonds is 5. The van der Waals surface area contributed by atoms with Gasteiger partial charge in [0.25, 0.3) is 5.91 Å². The van der Waals surface area contributed by atoms with Crippen LogP contribution in [0.5, 0.6) is 17.2 Å². The zero-order valence-corrected chi connectivity index (χ0v) is 14.8. The van der Waals surface area contributed by atoms with Gasteiger partial charge < -0.3 is 19.1 Å². The number of hydrogen-bond acceptors (Lipinski definition) is 4. The summed E-state index contributed by atoms with van der Waals surface area (Å²) in [7, 11) is 1.75. The number of ether oxygens (including phenoxy) is 3. The fourth-order valence-electron chi connectivity index (χ4n) is 2.73. The molecule has 0 radical (unpaired) electrons. The highest BCUT2D eigenvalue weighted by atomic mass is 16.6. The number of carbonyl (C=O) groups is 1. The van der Waals surface area contributed by atoms with Crippen LogP contribution in [0.1, 0.15) is 12.5 Å². The molecule has 1 heterocycles. The first-order valence-electron chi connectivity index (χ1n) is 8.39. The standard InChI is InChI=1S/C20H23NO4/c1-14-8-10-16(11-9-14)24-15(2)20(22)21(3)12-17-13-23-18-6-4-5-7-19(18)25-17/h4-11,15,17H,12-13H2,1-3H3. The molecule has 2 atom stereocenters. The molecule has 132 valence electrons. The number of aryl methyl sites for hydroxylation is 1. The minimum atomic E-state index is -0.565. The van der Waals surface area contributed by atoms with Crippen molar-refractivity contribution < 1.29 is 19.0 Å². The topological polar surface area (TPSA) is 48.0 Å². The van der Waals surface area contributed by atoms with Crippen LogP contribution >= 0.6 is 0 Å². The van der Waals surface area contributed by atoms with E-state index in [0.29, 0.717) is 24.7 Å². The molecule has 1 amide bonds. The molecule has 0 fully saturated rings. The summed E-state index contributed by atoms with van der Waals surface area (Å²) in [5.41, 5.74) is 1.15. The third-order valence-electron chi connectivity index (χ3n) is 4.10. The van der Waals surface area contributed by atoms with Crippen molar-refractivity contribution >= 4 is 5.91 Å². The normalized spacial score (nSPS) is 16.8. The van der Waals surface area contributed by atoms with Gasteiger partial charge in [-0.3, -0.25) is 4.79 Å². The van der Waals surface area contributed by atoms with E-state index >= 15 is 0 Å². The predicted octanol–water partition coefficient (Wildman–Crippen LogP) is 3.06. The van der Waals surface area contributed by atoms with Crippen molar-refractivity contribution in [2.75, 3.05) is 20.2 Å². The van der Waals surface area contributed by atoms with Gasteiger partial charge in [-0.2, -0.15) is 0 Å². The van der Waals surface area contributed by atoms with Gasteiger partial charge in [0.05, 0.1) is 6.54 Å². The second kappa shape index (κ2) is 7.47. The molecule has 0 spiro atoms. The van der Waals surface area contributed by atoms with Crippen molar-refractivity contribution in [3.8, 4) is 17.2 Å². The first kappa shape index (κ1) is 17.1. The maximum atomic E-state index is 12.5. The minimum Gasteiger partial charge on any atom is -0.486 e. The lowest BCUT2D eigenvalue weighted by Crippen LogP contribution is -2.45. The van der Waals surface area contributed by atoms with E-state index in [4.69, 9.17) is 14.2 Å². The SMILES string of the molecule is Cc1ccc(OC(C)C(=O)N(C)CC2COc3ccccc3O2)cc1. The largest absolute Gasteiger partial charge is 0.486 e. The molecule has 0 saturated heterocycles. The molecule has 0 aromatic heterocycles. The summed E-state index contributed by atoms with van der Waals surface area (Å²) >= 11 is 0. The average molecular weight is 341 g/mol. The molecule has 1 aliphatic rings. The maximum absolute atomic E-state index is 12.5. The van der Waals surface area contributed by atoms with Gasteiger partial charge in [0.2, 0.25) is 0 Å². The van der Waals surface area contributed by atoms with E-state index in [1.807, 2.05) is 55.5 Å². The van der Waals surface area contributed by atoms with Crippen LogP contribution in [-0.2, 0) is 4.79 Å². The van der Waals surface area contributed by atoms with E-state index in [-0.39, 0.29) is 12.0 Å². The number of hydrogen-bond donors (Lipinski definition) is 0. The van der Waals surface area contributed by atoms with Gasteiger partial charge >= 0.3 is 0 Å². The Morgan fingerprint density at radius 1 is 1.20 bits per heavy atom. The van der Waals surface area contributed by atoms with Crippen molar-refractivity contribution in [2.45, 2.75) is 26.1 Å². The summed E-state index contributed by atoms with van der Waals surface area (Å²) in [4.78, 5) is 14.2. The fourth-order valence-corrected chi connectivity index (χ4v) is 2.73. The summed E-state index contributed by atoms with van der Waals surface area (Å²) in [5.74, 6) is 2.04. The number of para-hydroxylation sites is 2. The number of likely N-dealkylation sites (N-methyl/N-ethyl adjacent to an activating group) is 1. The monoisotopic (exact) mass is 341 g/mol. The molecule has 2 aromatic carbocycles. The Balaban J connectivity index is 1.54. The number of fused-ring (bicyclic) bond motifs is 1. The van der Waals surface area contributed by atoms with E-state index < -0.39 is 6.10 Å². The lowest BCUT2D eigenvalue weighted by Gasteiger charge is -2.30. The molecule has 1 aliphatic heterocycles. The minimum absolute atomic E-state index is 0.0944. The molecule has 2 unspecified atom stereocenters. The van der Waals surface area contributed by atoms with Crippen LogP contribution in [-0.4, -0.2) is 43.2 Å². The van der Waals surface area contributed by atoms with Crippen LogP contribution in [0.3, 0.4) is 0 Å². The molecule has 3 rings (SSSR count). The molecule has 0 N–H and O–H groups in total. The molecule has 2 aromatic rings. The Morgan fingerprint density at radius 3 is 2.60 bits per heavy atom. The molecular weight excluding hydrogens is 318 g/mol. The molecular formula is C20H23NO4. The quantitative estimate of drug-likeness (QED) is 0.839. The Kier molecular flexibility index (Phi) is 5.12. The summed E-state index contributed by atoms with van der Waals surface area (Å²) < 4.78 is 17.3. The van der Waals surface area contributed by atoms with Crippen LogP contribution in [0, 0.1) is 6.92 Å². The molecule has 0 bridgehead atoms. The maximum Gasteiger partial charge on any atom is 0.263 e. The lowest BCUT2D eigenvalue weighted by molar-refractivity contribution is -0.138. The highest BCUT2D eigenvalue weighted by molar-refractivity contribution is 5.80. The van der Waals surface area contributed by atoms with Gasteiger partial charge in [-0.15, -0.1) is 0 Å². The van der Waals surface area contributed by atoms with Gasteiger partial charge in [-0.05, 0) is 38.1 Å². The summed E-state index contributed by atoms with van der Waals surface area (Å²) in [5, 5.41) is 0. The summed E-state index contributed by atoms with van der Waals surface area (Å²) in [6.45, 7) is 4.62. The zero-order chi connectivity index (χ0) is 17.8. The van der Waals surface area contributed by atoms with E-state index in [1.54, 1.807) is 18.9 Å². The Labute approximate surface area is 148 Å². The number of amides is 1. The molecule has 0 aliphatic carbocycles. The van der Waals surface area contributed by atoms with E-state index in [2.05, 4.69) is 0 Å². The average Bonchev–Trinajstić information content (AvgIpc) is 2.62. The van der Waals surface area contributed by atoms with Gasteiger partial charge in [-0.1, -0.05) is 29.8 Å². The zero-order valence-electron chi connectivity index (χ0n) is 14.8. The van der Waals surface area contributed by atoms with Crippen LogP contribution in [0.4, 0.5) is 0 Å². The van der Waals surface area contributed by atoms with E-state index in [9.17, 15) is 4.79 Å². The van der Waals surface area contributed by atoms with Gasteiger partial charge in [0.1, 0.15) is 12.4 Å². The van der Waals surface area contributed by atoms with Crippen molar-refractivity contribution in [1.82, 2.24) is 4.90 Å². The Bertz CT molecular complexity index is 729. The van der Waals surface area contributed by atoms with E-state index in [1.165, 1.54) is 0 Å². The second-order valence-corrected chi connectivity index (χ2v) is 6.29. The third-order valence-corrected chi connectivity index (χ3v) is 4.10. The predicted molar refractivity (Wildman–Crippen MR) is 95.3 cm³/mol. The van der Waals surface area contributed by atoms with Crippen molar-refractivity contribution in [3.63, 3.8) is 0 Å². The van der Waals surface area contributed by atoms with Crippen LogP contribution in [0.2, 0.25) is 0 Å². The molecule has 5 heteroatoms. The third kappa shape index (κ3) is 4.24. The first-order chi connectivity index (χ1) is 12.0. The Morgan fingerprint density at radius 2 is 1.88 bits per heavy atom. The number of nitrogens with zero attached hydrogens (tertiary/aromatic N) is 1. The highest BCUT2D eigenvalue weighted by Gasteiger charge is 2.26. The van der Waals surface area contributed by atoms with Crippen molar-refractivity contribution in [2.24, 2.45) is 0 Å². The van der Waals surface area contributed by atoms with Crippen LogP contribution in [0.15, 0.2) is 48.5 Å². The van der Waals surface area contributed by atoms with Crippen molar-refractivity contribution in [3.05, 3.63) is 54.1 Å². The number of carbonyl (C=O) groups excluding carboxylic acids is 1. The molecule has 5 nitrogen and oxygen atoms in total. The smallest absolute Gasteiger partial charge is 0.263 e. The van der Waals surface area contributed by atoms with E-state index in [0.717, 1.165) is 11.3 Å². The molecule has 0 saturated carbocycles. The second-order valence-electron chi connectivity index (χ2n) is 6.29. The number of benzene rings is 2. The van der Waals surface area contributed by atoms with Gasteiger partial charge in [-0.25, -0.2) is 0 Å². The highest BCUT2D eigenvalue weighted by Crippen LogP contribution is 2.31. The first-order valence-corrected chi connectivity index (χ1v) is 8.39.